The number of hydrogen-bond acceptors (Lipinski definition) is 12. The van der Waals surface area contributed by atoms with Gasteiger partial charge in [-0.1, -0.05) is 13.2 Å². The summed E-state index contributed by atoms with van der Waals surface area (Å²) in [6.45, 7) is 13.0. The molecule has 6 amide bonds. The molecule has 20 heteroatoms. The molecule has 0 spiro atoms. The first kappa shape index (κ1) is 48.6. The molecule has 0 unspecified atom stereocenters. The maximum Gasteiger partial charge on any atom is 0.264 e. The predicted octanol–water partition coefficient (Wildman–Crippen LogP) is 6.17. The van der Waals surface area contributed by atoms with Crippen LogP contribution in [0.25, 0.3) is 22.1 Å². The van der Waals surface area contributed by atoms with Crippen molar-refractivity contribution in [2.75, 3.05) is 73.9 Å². The zero-order chi connectivity index (χ0) is 50.8. The summed E-state index contributed by atoms with van der Waals surface area (Å²) in [5, 5.41) is 5.94. The van der Waals surface area contributed by atoms with Gasteiger partial charge in [-0.2, -0.15) is 0 Å². The van der Waals surface area contributed by atoms with Crippen LogP contribution >= 0.6 is 0 Å². The number of nitrogens with zero attached hydrogens (tertiary/aromatic N) is 10. The van der Waals surface area contributed by atoms with Crippen molar-refractivity contribution in [3.8, 4) is 11.5 Å². The minimum Gasteiger partial charge on any atom is -0.481 e. The van der Waals surface area contributed by atoms with E-state index in [1.807, 2.05) is 35.1 Å². The molecule has 2 fully saturated rings. The number of pyridine rings is 2. The number of rotatable bonds is 8. The number of carbonyl (C=O) groups excluding carboxylic acids is 6. The number of aromatic nitrogens is 6. The van der Waals surface area contributed by atoms with E-state index < -0.39 is 0 Å². The molecule has 0 radical (unpaired) electrons. The lowest BCUT2D eigenvalue weighted by molar-refractivity contribution is -0.127. The Bertz CT molecular complexity index is 2970. The number of fused-ring (bicyclic) bond motifs is 6. The van der Waals surface area contributed by atoms with Crippen molar-refractivity contribution in [3.63, 3.8) is 0 Å². The zero-order valence-electron chi connectivity index (χ0n) is 40.7. The van der Waals surface area contributed by atoms with E-state index in [1.165, 1.54) is 12.2 Å². The Morgan fingerprint density at radius 3 is 1.43 bits per heavy atom. The van der Waals surface area contributed by atoms with E-state index >= 15 is 0 Å². The van der Waals surface area contributed by atoms with Gasteiger partial charge in [-0.25, -0.2) is 9.97 Å². The number of aryl methyl sites for hydroxylation is 2. The fraction of sp³-hybridized carbons (Fsp3) is 0.346. The zero-order valence-corrected chi connectivity index (χ0v) is 40.7. The Hall–Kier alpha value is -8.42. The van der Waals surface area contributed by atoms with Crippen LogP contribution in [0.2, 0.25) is 0 Å². The van der Waals surface area contributed by atoms with Crippen LogP contribution in [0.3, 0.4) is 0 Å². The van der Waals surface area contributed by atoms with Crippen LogP contribution in [0.5, 0.6) is 11.5 Å². The molecule has 4 aromatic heterocycles. The Kier molecular flexibility index (Phi) is 13.8. The number of benzene rings is 2. The third kappa shape index (κ3) is 9.58. The molecule has 372 valence electrons. The average Bonchev–Trinajstić information content (AvgIpc) is 3.67. The van der Waals surface area contributed by atoms with Crippen molar-refractivity contribution in [2.24, 2.45) is 0 Å². The van der Waals surface area contributed by atoms with Crippen LogP contribution in [-0.4, -0.2) is 128 Å². The fourth-order valence-corrected chi connectivity index (χ4v) is 9.84. The first-order valence-electron chi connectivity index (χ1n) is 23.9. The molecular weight excluding hydrogens is 921 g/mol. The molecule has 10 rings (SSSR count). The molecule has 2 aromatic carbocycles. The Morgan fingerprint density at radius 2 is 1.04 bits per heavy atom. The first-order chi connectivity index (χ1) is 34.7. The number of likely N-dealkylation sites (N-methyl/N-ethyl adjacent to an activating group) is 2. The summed E-state index contributed by atoms with van der Waals surface area (Å²) >= 11 is 0. The van der Waals surface area contributed by atoms with Gasteiger partial charge in [0.15, 0.2) is 13.2 Å². The normalized spacial score (nSPS) is 17.8. The van der Waals surface area contributed by atoms with Gasteiger partial charge in [0.2, 0.25) is 23.7 Å². The van der Waals surface area contributed by atoms with Crippen LogP contribution in [0.1, 0.15) is 82.7 Å². The summed E-state index contributed by atoms with van der Waals surface area (Å²) < 4.78 is 15.4. The van der Waals surface area contributed by atoms with E-state index in [1.54, 1.807) is 82.5 Å². The molecule has 0 bridgehead atoms. The van der Waals surface area contributed by atoms with E-state index in [-0.39, 0.29) is 60.7 Å². The topological polar surface area (TPSA) is 219 Å². The summed E-state index contributed by atoms with van der Waals surface area (Å²) in [6, 6.07) is 13.6. The number of carbonyl (C=O) groups is 6. The van der Waals surface area contributed by atoms with Crippen LogP contribution in [-0.2, 0) is 19.2 Å². The maximum absolute atomic E-state index is 13.2. The second kappa shape index (κ2) is 20.5. The predicted molar refractivity (Wildman–Crippen MR) is 270 cm³/mol. The van der Waals surface area contributed by atoms with Crippen LogP contribution in [0.15, 0.2) is 86.2 Å². The Labute approximate surface area is 415 Å². The highest BCUT2D eigenvalue weighted by atomic mass is 16.5. The quantitative estimate of drug-likeness (QED) is 0.164. The highest BCUT2D eigenvalue weighted by molar-refractivity contribution is 6.10. The highest BCUT2D eigenvalue weighted by Gasteiger charge is 2.35. The van der Waals surface area contributed by atoms with Crippen molar-refractivity contribution in [1.82, 2.24) is 38.9 Å². The summed E-state index contributed by atoms with van der Waals surface area (Å²) in [5.41, 5.74) is 6.17. The van der Waals surface area contributed by atoms with Crippen LogP contribution in [0.4, 0.5) is 23.3 Å². The summed E-state index contributed by atoms with van der Waals surface area (Å²) in [4.78, 5) is 101. The van der Waals surface area contributed by atoms with Crippen LogP contribution < -0.4 is 29.9 Å². The minimum absolute atomic E-state index is 0.0425. The molecule has 0 aliphatic carbocycles. The number of amides is 6. The number of hydrogen-bond donors (Lipinski definition) is 2. The molecule has 2 N–H and O–H groups in total. The molecule has 2 saturated heterocycles. The summed E-state index contributed by atoms with van der Waals surface area (Å²) in [5.74, 6) is 0.573. The fourth-order valence-electron chi connectivity index (χ4n) is 9.84. The van der Waals surface area contributed by atoms with E-state index in [2.05, 4.69) is 33.8 Å². The molecular formula is C52H56N12O8. The Balaban J connectivity index is 0.000000178. The van der Waals surface area contributed by atoms with Crippen molar-refractivity contribution in [2.45, 2.75) is 64.5 Å². The third-order valence-electron chi connectivity index (χ3n) is 13.5. The van der Waals surface area contributed by atoms with Crippen molar-refractivity contribution in [3.05, 3.63) is 109 Å². The molecule has 0 saturated carbocycles. The summed E-state index contributed by atoms with van der Waals surface area (Å²) in [6.07, 6.45) is 10.9. The van der Waals surface area contributed by atoms with Gasteiger partial charge in [0.05, 0.1) is 34.2 Å². The SMILES string of the molecule is C=CC(=O)N1CCCC[C@@H](n2c(NC(=O)c3ccnc(C)c3)nc3ccc4c(c32)N(C)C(=O)CO4)C1.C=CC(=O)N1CCCC[C@@H](n2c(NC(=O)c3ccnc(C)c3)nc3ccc4c(c32)N(C)C(=O)CO4)C1. The number of ether oxygens (including phenoxy) is 2. The van der Waals surface area contributed by atoms with Crippen molar-refractivity contribution in [1.29, 1.82) is 0 Å². The molecule has 6 aromatic rings. The van der Waals surface area contributed by atoms with Crippen LogP contribution in [0, 0.1) is 13.8 Å². The standard InChI is InChI=1S/2C26H28N6O4/c2*1-4-21(33)31-12-6-5-7-18(14-31)32-23-19(8-9-20-24(23)30(3)22(34)15-36-20)28-26(32)29-25(35)17-10-11-27-16(2)13-17/h2*4,8-11,13,18H,1,5-7,12,14-15H2,2-3H3,(H,28,29,35)/t2*18-/m11/s1. The average molecular weight is 977 g/mol. The van der Waals surface area contributed by atoms with Gasteiger partial charge >= 0.3 is 0 Å². The second-order valence-corrected chi connectivity index (χ2v) is 18.2. The molecule has 8 heterocycles. The number of nitrogens with one attached hydrogen (secondary N) is 2. The molecule has 20 nitrogen and oxygen atoms in total. The maximum atomic E-state index is 13.2. The van der Waals surface area contributed by atoms with E-state index in [0.29, 0.717) is 94.1 Å². The molecule has 72 heavy (non-hydrogen) atoms. The van der Waals surface area contributed by atoms with Gasteiger partial charge in [0.1, 0.15) is 22.9 Å². The minimum atomic E-state index is -0.320. The van der Waals surface area contributed by atoms with Gasteiger partial charge in [0, 0.05) is 75.2 Å². The lowest BCUT2D eigenvalue weighted by atomic mass is 10.1. The largest absolute Gasteiger partial charge is 0.481 e. The van der Waals surface area contributed by atoms with E-state index in [9.17, 15) is 28.8 Å². The lowest BCUT2D eigenvalue weighted by Crippen LogP contribution is -2.37. The van der Waals surface area contributed by atoms with Gasteiger partial charge in [0.25, 0.3) is 23.6 Å². The Morgan fingerprint density at radius 1 is 0.625 bits per heavy atom. The monoisotopic (exact) mass is 976 g/mol. The van der Waals surface area contributed by atoms with Gasteiger partial charge in [-0.15, -0.1) is 0 Å². The smallest absolute Gasteiger partial charge is 0.264 e. The van der Waals surface area contributed by atoms with Gasteiger partial charge in [-0.3, -0.25) is 49.4 Å². The van der Waals surface area contributed by atoms with Crippen molar-refractivity contribution < 1.29 is 38.2 Å². The lowest BCUT2D eigenvalue weighted by Gasteiger charge is -2.30. The van der Waals surface area contributed by atoms with E-state index in [4.69, 9.17) is 19.4 Å². The molecule has 2 atom stereocenters. The first-order valence-corrected chi connectivity index (χ1v) is 23.9. The second-order valence-electron chi connectivity index (χ2n) is 18.2. The number of anilines is 4. The highest BCUT2D eigenvalue weighted by Crippen LogP contribution is 2.44. The number of imidazole rings is 2. The van der Waals surface area contributed by atoms with Gasteiger partial charge < -0.3 is 38.2 Å². The molecule has 4 aliphatic rings. The number of likely N-dealkylation sites (tertiary alicyclic amines) is 2. The van der Waals surface area contributed by atoms with Gasteiger partial charge in [-0.05, 0) is 113 Å². The molecule has 4 aliphatic heterocycles. The van der Waals surface area contributed by atoms with Crippen molar-refractivity contribution >= 4 is 80.8 Å². The summed E-state index contributed by atoms with van der Waals surface area (Å²) in [7, 11) is 3.41. The van der Waals surface area contributed by atoms with E-state index in [0.717, 1.165) is 49.9 Å². The third-order valence-corrected chi connectivity index (χ3v) is 13.5.